The minimum atomic E-state index is 0.186. The highest BCUT2D eigenvalue weighted by molar-refractivity contribution is 5.83. The average molecular weight is 429 g/mol. The summed E-state index contributed by atoms with van der Waals surface area (Å²) in [5, 5.41) is 27.3. The van der Waals surface area contributed by atoms with Crippen LogP contribution in [0, 0.1) is 11.3 Å². The quantitative estimate of drug-likeness (QED) is 0.503. The lowest BCUT2D eigenvalue weighted by molar-refractivity contribution is 0.188. The van der Waals surface area contributed by atoms with Gasteiger partial charge in [0, 0.05) is 63.3 Å². The molecule has 5 rings (SSSR count). The van der Waals surface area contributed by atoms with Crippen molar-refractivity contribution in [2.45, 2.75) is 0 Å². The van der Waals surface area contributed by atoms with Crippen LogP contribution < -0.4 is 4.90 Å². The maximum atomic E-state index is 9.57. The van der Waals surface area contributed by atoms with Crippen LogP contribution in [0.5, 0.6) is 0 Å². The van der Waals surface area contributed by atoms with Gasteiger partial charge in [0.1, 0.15) is 23.0 Å². The lowest BCUT2D eigenvalue weighted by Crippen LogP contribution is -2.47. The number of fused-ring (bicyclic) bond motifs is 1. The molecular formula is C22H23N9O. The Labute approximate surface area is 185 Å². The second kappa shape index (κ2) is 8.37. The van der Waals surface area contributed by atoms with Crippen LogP contribution in [0.25, 0.3) is 28.0 Å². The molecule has 5 heterocycles. The maximum absolute atomic E-state index is 9.57. The van der Waals surface area contributed by atoms with Crippen LogP contribution in [0.2, 0.25) is 0 Å². The molecule has 0 aliphatic carbocycles. The lowest BCUT2D eigenvalue weighted by Gasteiger charge is -2.35. The normalized spacial score (nSPS) is 14.7. The van der Waals surface area contributed by atoms with E-state index in [0.717, 1.165) is 48.8 Å². The van der Waals surface area contributed by atoms with E-state index in [9.17, 15) is 5.26 Å². The van der Waals surface area contributed by atoms with Crippen molar-refractivity contribution in [2.24, 2.45) is 7.05 Å². The third-order valence-electron chi connectivity index (χ3n) is 5.75. The molecule has 1 saturated heterocycles. The van der Waals surface area contributed by atoms with Gasteiger partial charge < -0.3 is 10.0 Å². The molecule has 4 aromatic heterocycles. The van der Waals surface area contributed by atoms with E-state index in [0.29, 0.717) is 23.3 Å². The van der Waals surface area contributed by atoms with E-state index in [1.54, 1.807) is 27.8 Å². The van der Waals surface area contributed by atoms with Crippen LogP contribution in [-0.4, -0.2) is 78.7 Å². The van der Waals surface area contributed by atoms with Crippen LogP contribution >= 0.6 is 0 Å². The van der Waals surface area contributed by atoms with Gasteiger partial charge in [0.05, 0.1) is 36.6 Å². The zero-order chi connectivity index (χ0) is 22.1. The molecular weight excluding hydrogens is 406 g/mol. The molecule has 10 heteroatoms. The number of aryl methyl sites for hydroxylation is 1. The van der Waals surface area contributed by atoms with Gasteiger partial charge in [-0.25, -0.2) is 14.5 Å². The molecule has 1 aliphatic rings. The van der Waals surface area contributed by atoms with Crippen molar-refractivity contribution in [2.75, 3.05) is 44.2 Å². The number of aromatic nitrogens is 6. The molecule has 0 radical (unpaired) electrons. The van der Waals surface area contributed by atoms with Crippen molar-refractivity contribution in [1.29, 1.82) is 5.26 Å². The zero-order valence-corrected chi connectivity index (χ0v) is 17.8. The Hall–Kier alpha value is -3.81. The Kier molecular flexibility index (Phi) is 5.26. The van der Waals surface area contributed by atoms with Gasteiger partial charge in [-0.3, -0.25) is 9.58 Å². The first-order valence-corrected chi connectivity index (χ1v) is 10.5. The summed E-state index contributed by atoms with van der Waals surface area (Å²) in [6.07, 6.45) is 8.82. The maximum Gasteiger partial charge on any atom is 0.128 e. The lowest BCUT2D eigenvalue weighted by atomic mass is 10.1. The molecule has 0 unspecified atom stereocenters. The molecule has 0 amide bonds. The van der Waals surface area contributed by atoms with Gasteiger partial charge in [-0.1, -0.05) is 0 Å². The molecule has 1 aliphatic heterocycles. The predicted molar refractivity (Wildman–Crippen MR) is 119 cm³/mol. The van der Waals surface area contributed by atoms with Gasteiger partial charge >= 0.3 is 0 Å². The Morgan fingerprint density at radius 2 is 1.88 bits per heavy atom. The van der Waals surface area contributed by atoms with Crippen molar-refractivity contribution in [1.82, 2.24) is 34.3 Å². The van der Waals surface area contributed by atoms with E-state index in [4.69, 9.17) is 15.1 Å². The molecule has 10 nitrogen and oxygen atoms in total. The number of hydrogen-bond donors (Lipinski definition) is 1. The van der Waals surface area contributed by atoms with Gasteiger partial charge in [0.15, 0.2) is 0 Å². The van der Waals surface area contributed by atoms with E-state index in [1.165, 1.54) is 0 Å². The molecule has 32 heavy (non-hydrogen) atoms. The van der Waals surface area contributed by atoms with Crippen molar-refractivity contribution in [3.63, 3.8) is 0 Å². The van der Waals surface area contributed by atoms with Crippen molar-refractivity contribution in [3.05, 3.63) is 48.7 Å². The Balaban J connectivity index is 1.50. The topological polar surface area (TPSA) is 111 Å². The van der Waals surface area contributed by atoms with Gasteiger partial charge in [-0.05, 0) is 12.1 Å². The summed E-state index contributed by atoms with van der Waals surface area (Å²) in [6.45, 7) is 4.44. The second-order valence-electron chi connectivity index (χ2n) is 7.80. The Morgan fingerprint density at radius 3 is 2.53 bits per heavy atom. The molecule has 1 N–H and O–H groups in total. The van der Waals surface area contributed by atoms with Gasteiger partial charge in [-0.2, -0.15) is 15.5 Å². The number of nitrogens with zero attached hydrogens (tertiary/aromatic N) is 9. The van der Waals surface area contributed by atoms with E-state index in [-0.39, 0.29) is 6.61 Å². The molecule has 0 atom stereocenters. The van der Waals surface area contributed by atoms with Crippen LogP contribution in [0.1, 0.15) is 5.56 Å². The fourth-order valence-electron chi connectivity index (χ4n) is 4.05. The minimum Gasteiger partial charge on any atom is -0.395 e. The predicted octanol–water partition coefficient (Wildman–Crippen LogP) is 1.18. The van der Waals surface area contributed by atoms with E-state index < -0.39 is 0 Å². The molecule has 0 aromatic carbocycles. The van der Waals surface area contributed by atoms with Crippen LogP contribution in [0.15, 0.2) is 43.1 Å². The van der Waals surface area contributed by atoms with Crippen LogP contribution in [-0.2, 0) is 7.05 Å². The van der Waals surface area contributed by atoms with Crippen LogP contribution in [0.4, 0.5) is 5.82 Å². The Bertz CT molecular complexity index is 1280. The Morgan fingerprint density at radius 1 is 1.03 bits per heavy atom. The summed E-state index contributed by atoms with van der Waals surface area (Å²) in [7, 11) is 1.86. The highest BCUT2D eigenvalue weighted by Crippen LogP contribution is 2.29. The van der Waals surface area contributed by atoms with Crippen LogP contribution in [0.3, 0.4) is 0 Å². The highest BCUT2D eigenvalue weighted by Gasteiger charge is 2.19. The molecule has 0 bridgehead atoms. The van der Waals surface area contributed by atoms with Crippen molar-refractivity contribution >= 4 is 11.3 Å². The number of anilines is 1. The summed E-state index contributed by atoms with van der Waals surface area (Å²) in [4.78, 5) is 14.0. The number of β-amino-alcohol motifs (C(OH)–C–C–N with tert-alkyl or cyclic N) is 1. The van der Waals surface area contributed by atoms with Crippen molar-refractivity contribution in [3.8, 4) is 28.6 Å². The second-order valence-corrected chi connectivity index (χ2v) is 7.80. The summed E-state index contributed by atoms with van der Waals surface area (Å²) in [5.41, 5.74) is 4.20. The number of pyridine rings is 1. The van der Waals surface area contributed by atoms with E-state index in [2.05, 4.69) is 26.1 Å². The fourth-order valence-corrected chi connectivity index (χ4v) is 4.05. The number of aliphatic hydroxyl groups excluding tert-OH is 1. The molecule has 4 aromatic rings. The first-order chi connectivity index (χ1) is 15.7. The molecule has 0 saturated carbocycles. The number of hydrogen-bond acceptors (Lipinski definition) is 8. The first kappa shape index (κ1) is 20.1. The third-order valence-corrected chi connectivity index (χ3v) is 5.75. The average Bonchev–Trinajstić information content (AvgIpc) is 3.45. The fraction of sp³-hybridized carbons (Fsp3) is 0.318. The largest absolute Gasteiger partial charge is 0.395 e. The molecule has 0 spiro atoms. The molecule has 162 valence electrons. The van der Waals surface area contributed by atoms with Gasteiger partial charge in [0.25, 0.3) is 0 Å². The summed E-state index contributed by atoms with van der Waals surface area (Å²) in [5.74, 6) is 0.908. The summed E-state index contributed by atoms with van der Waals surface area (Å²) >= 11 is 0. The SMILES string of the molecule is Cn1cc(-c2cn3ncc(C#N)c3c(-c3ccc(N4CCN(CCO)CC4)nc3)n2)cn1. The summed E-state index contributed by atoms with van der Waals surface area (Å²) in [6, 6.07) is 6.20. The van der Waals surface area contributed by atoms with Gasteiger partial charge in [-0.15, -0.1) is 0 Å². The standard InChI is InChI=1S/C22H23N9O/c1-28-14-18(13-25-28)19-15-31-22(17(10-23)12-26-31)21(27-19)16-2-3-20(24-11-16)30-6-4-29(5-7-30)8-9-32/h2-3,11-15,32H,4-9H2,1H3. The number of aliphatic hydroxyl groups is 1. The molecule has 1 fully saturated rings. The number of rotatable bonds is 5. The number of piperazine rings is 1. The monoisotopic (exact) mass is 429 g/mol. The van der Waals surface area contributed by atoms with E-state index in [1.807, 2.05) is 31.6 Å². The zero-order valence-electron chi connectivity index (χ0n) is 17.8. The third kappa shape index (κ3) is 3.68. The smallest absolute Gasteiger partial charge is 0.128 e. The summed E-state index contributed by atoms with van der Waals surface area (Å²) < 4.78 is 3.42. The number of nitriles is 1. The van der Waals surface area contributed by atoms with E-state index >= 15 is 0 Å². The first-order valence-electron chi connectivity index (χ1n) is 10.5. The van der Waals surface area contributed by atoms with Crippen molar-refractivity contribution < 1.29 is 5.11 Å². The van der Waals surface area contributed by atoms with Gasteiger partial charge in [0.2, 0.25) is 0 Å². The minimum absolute atomic E-state index is 0.186. The highest BCUT2D eigenvalue weighted by atomic mass is 16.3.